The minimum absolute atomic E-state index is 0.324. The number of hydrogen-bond acceptors (Lipinski definition) is 4. The maximum atomic E-state index is 12.7. The molecular weight excluding hydrogens is 316 g/mol. The molecule has 1 aromatic carbocycles. The van der Waals surface area contributed by atoms with Gasteiger partial charge < -0.3 is 14.6 Å². The fraction of sp³-hybridized carbons (Fsp3) is 0.667. The Hall–Kier alpha value is -1.55. The Bertz CT molecular complexity index is 591. The third-order valence-corrected chi connectivity index (χ3v) is 4.52. The molecule has 4 nitrogen and oxygen atoms in total. The Labute approximate surface area is 152 Å². The molecule has 0 aromatic heterocycles. The molecule has 2 unspecified atom stereocenters. The van der Waals surface area contributed by atoms with Crippen LogP contribution in [0.1, 0.15) is 65.7 Å². The van der Waals surface area contributed by atoms with Crippen LogP contribution in [0.15, 0.2) is 24.3 Å². The fourth-order valence-electron chi connectivity index (χ4n) is 3.63. The number of methoxy groups -OCH3 is 1. The van der Waals surface area contributed by atoms with E-state index in [1.165, 1.54) is 0 Å². The van der Waals surface area contributed by atoms with E-state index < -0.39 is 23.6 Å². The second kappa shape index (κ2) is 7.36. The first-order valence-corrected chi connectivity index (χ1v) is 8.74. The van der Waals surface area contributed by atoms with E-state index in [-0.39, 0.29) is 10.8 Å². The molecule has 4 heteroatoms. The lowest BCUT2D eigenvalue weighted by Gasteiger charge is -2.48. The number of carbonyl (C=O) groups is 1. The lowest BCUT2D eigenvalue weighted by Crippen LogP contribution is -2.53. The normalized spacial score (nSPS) is 15.4. The smallest absolute Gasteiger partial charge is 0.338 e. The van der Waals surface area contributed by atoms with Crippen LogP contribution in [-0.2, 0) is 4.74 Å². The number of ether oxygens (including phenoxy) is 2. The highest BCUT2D eigenvalue weighted by Crippen LogP contribution is 2.44. The SMILES string of the molecule is COc1cccc(C(=O)OC(C(C)(C)C)C(C)(C)C(O)C(C)(C)C)c1. The minimum atomic E-state index is -0.637. The number of rotatable bonds is 5. The van der Waals surface area contributed by atoms with Crippen molar-refractivity contribution in [3.8, 4) is 5.75 Å². The molecule has 1 aromatic rings. The van der Waals surface area contributed by atoms with Gasteiger partial charge in [0.1, 0.15) is 11.9 Å². The van der Waals surface area contributed by atoms with Gasteiger partial charge in [-0.15, -0.1) is 0 Å². The fourth-order valence-corrected chi connectivity index (χ4v) is 3.63. The van der Waals surface area contributed by atoms with E-state index in [0.717, 1.165) is 0 Å². The lowest BCUT2D eigenvalue weighted by atomic mass is 9.64. The van der Waals surface area contributed by atoms with Crippen LogP contribution in [0, 0.1) is 16.2 Å². The summed E-state index contributed by atoms with van der Waals surface area (Å²) in [6.45, 7) is 15.9. The van der Waals surface area contributed by atoms with E-state index in [4.69, 9.17) is 9.47 Å². The Morgan fingerprint density at radius 1 is 1.00 bits per heavy atom. The zero-order chi connectivity index (χ0) is 19.6. The molecule has 0 aliphatic carbocycles. The second-order valence-electron chi connectivity index (χ2n) is 9.47. The van der Waals surface area contributed by atoms with Gasteiger partial charge >= 0.3 is 5.97 Å². The first-order chi connectivity index (χ1) is 11.2. The molecule has 1 N–H and O–H groups in total. The van der Waals surface area contributed by atoms with Crippen LogP contribution in [0.2, 0.25) is 0 Å². The summed E-state index contributed by atoms with van der Waals surface area (Å²) in [5.74, 6) is 0.198. The molecule has 0 aliphatic rings. The summed E-state index contributed by atoms with van der Waals surface area (Å²) in [5, 5.41) is 10.9. The van der Waals surface area contributed by atoms with Gasteiger partial charge in [-0.2, -0.15) is 0 Å². The van der Waals surface area contributed by atoms with E-state index in [1.54, 1.807) is 31.4 Å². The standard InChI is InChI=1S/C21H34O4/c1-19(2,3)17(23)21(7,8)18(20(4,5)6)25-16(22)14-11-10-12-15(13-14)24-9/h10-13,17-18,23H,1-9H3. The molecule has 25 heavy (non-hydrogen) atoms. The number of esters is 1. The average molecular weight is 350 g/mol. The zero-order valence-corrected chi connectivity index (χ0v) is 17.1. The number of benzene rings is 1. The van der Waals surface area contributed by atoms with Gasteiger partial charge in [0.05, 0.1) is 18.8 Å². The predicted octanol–water partition coefficient (Wildman–Crippen LogP) is 4.70. The first kappa shape index (κ1) is 21.5. The molecule has 0 saturated heterocycles. The van der Waals surface area contributed by atoms with E-state index in [2.05, 4.69) is 0 Å². The largest absolute Gasteiger partial charge is 0.497 e. The van der Waals surface area contributed by atoms with Gasteiger partial charge in [-0.05, 0) is 29.0 Å². The number of aliphatic hydroxyl groups is 1. The van der Waals surface area contributed by atoms with Gasteiger partial charge in [0.2, 0.25) is 0 Å². The molecule has 0 amide bonds. The summed E-state index contributed by atoms with van der Waals surface area (Å²) < 4.78 is 11.1. The molecule has 0 radical (unpaired) electrons. The van der Waals surface area contributed by atoms with Crippen LogP contribution in [-0.4, -0.2) is 30.4 Å². The van der Waals surface area contributed by atoms with Crippen molar-refractivity contribution in [3.05, 3.63) is 29.8 Å². The van der Waals surface area contributed by atoms with Crippen LogP contribution in [0.25, 0.3) is 0 Å². The third kappa shape index (κ3) is 5.21. The van der Waals surface area contributed by atoms with E-state index in [0.29, 0.717) is 11.3 Å². The minimum Gasteiger partial charge on any atom is -0.497 e. The molecule has 0 bridgehead atoms. The zero-order valence-electron chi connectivity index (χ0n) is 17.1. The number of aliphatic hydroxyl groups excluding tert-OH is 1. The Morgan fingerprint density at radius 3 is 2.00 bits per heavy atom. The Balaban J connectivity index is 3.18. The van der Waals surface area contributed by atoms with Crippen LogP contribution in [0.4, 0.5) is 0 Å². The van der Waals surface area contributed by atoms with Crippen LogP contribution >= 0.6 is 0 Å². The topological polar surface area (TPSA) is 55.8 Å². The molecule has 142 valence electrons. The quantitative estimate of drug-likeness (QED) is 0.782. The van der Waals surface area contributed by atoms with Gasteiger partial charge in [-0.1, -0.05) is 61.5 Å². The van der Waals surface area contributed by atoms with Crippen molar-refractivity contribution < 1.29 is 19.4 Å². The second-order valence-corrected chi connectivity index (χ2v) is 9.47. The molecule has 0 aliphatic heterocycles. The van der Waals surface area contributed by atoms with Gasteiger partial charge in [-0.3, -0.25) is 0 Å². The predicted molar refractivity (Wildman–Crippen MR) is 101 cm³/mol. The van der Waals surface area contributed by atoms with Crippen LogP contribution in [0.3, 0.4) is 0 Å². The molecule has 1 rings (SSSR count). The first-order valence-electron chi connectivity index (χ1n) is 8.74. The van der Waals surface area contributed by atoms with Crippen molar-refractivity contribution in [2.24, 2.45) is 16.2 Å². The van der Waals surface area contributed by atoms with Gasteiger partial charge in [0, 0.05) is 5.41 Å². The van der Waals surface area contributed by atoms with Gasteiger partial charge in [-0.25, -0.2) is 4.79 Å². The third-order valence-electron chi connectivity index (χ3n) is 4.52. The van der Waals surface area contributed by atoms with Crippen molar-refractivity contribution in [3.63, 3.8) is 0 Å². The monoisotopic (exact) mass is 350 g/mol. The summed E-state index contributed by atoms with van der Waals surface area (Å²) in [7, 11) is 1.56. The summed E-state index contributed by atoms with van der Waals surface area (Å²) in [5.41, 5.74) is -0.834. The highest BCUT2D eigenvalue weighted by Gasteiger charge is 2.49. The molecule has 0 fully saturated rings. The van der Waals surface area contributed by atoms with Crippen molar-refractivity contribution in [2.75, 3.05) is 7.11 Å². The van der Waals surface area contributed by atoms with Crippen LogP contribution < -0.4 is 4.74 Å². The van der Waals surface area contributed by atoms with Crippen molar-refractivity contribution in [1.29, 1.82) is 0 Å². The molecule has 0 saturated carbocycles. The van der Waals surface area contributed by atoms with E-state index in [1.807, 2.05) is 55.4 Å². The molecular formula is C21H34O4. The van der Waals surface area contributed by atoms with E-state index in [9.17, 15) is 9.90 Å². The Morgan fingerprint density at radius 2 is 1.56 bits per heavy atom. The van der Waals surface area contributed by atoms with Crippen molar-refractivity contribution in [1.82, 2.24) is 0 Å². The lowest BCUT2D eigenvalue weighted by molar-refractivity contribution is -0.133. The molecule has 0 spiro atoms. The summed E-state index contributed by atoms with van der Waals surface area (Å²) >= 11 is 0. The van der Waals surface area contributed by atoms with Crippen molar-refractivity contribution in [2.45, 2.75) is 67.6 Å². The highest BCUT2D eigenvalue weighted by molar-refractivity contribution is 5.90. The van der Waals surface area contributed by atoms with Gasteiger partial charge in [0.15, 0.2) is 0 Å². The van der Waals surface area contributed by atoms with Gasteiger partial charge in [0.25, 0.3) is 0 Å². The number of carbonyl (C=O) groups excluding carboxylic acids is 1. The van der Waals surface area contributed by atoms with Crippen molar-refractivity contribution >= 4 is 5.97 Å². The molecule has 2 atom stereocenters. The summed E-state index contributed by atoms with van der Waals surface area (Å²) in [6.07, 6.45) is -1.10. The van der Waals surface area contributed by atoms with E-state index >= 15 is 0 Å². The summed E-state index contributed by atoms with van der Waals surface area (Å²) in [4.78, 5) is 12.7. The molecule has 0 heterocycles. The average Bonchev–Trinajstić information content (AvgIpc) is 2.49. The number of hydrogen-bond donors (Lipinski definition) is 1. The summed E-state index contributed by atoms with van der Waals surface area (Å²) in [6, 6.07) is 6.91. The Kier molecular flexibility index (Phi) is 6.33. The highest BCUT2D eigenvalue weighted by atomic mass is 16.5. The maximum Gasteiger partial charge on any atom is 0.338 e. The van der Waals surface area contributed by atoms with Crippen LogP contribution in [0.5, 0.6) is 5.75 Å². The maximum absolute atomic E-state index is 12.7.